The van der Waals surface area contributed by atoms with Gasteiger partial charge in [0.15, 0.2) is 0 Å². The minimum Gasteiger partial charge on any atom is -0.340 e. The number of likely N-dealkylation sites (N-methyl/N-ethyl adjacent to an activating group) is 1. The zero-order valence-electron chi connectivity index (χ0n) is 15.1. The first-order valence-electron chi connectivity index (χ1n) is 8.59. The van der Waals surface area contributed by atoms with E-state index in [0.29, 0.717) is 12.5 Å². The van der Waals surface area contributed by atoms with Crippen LogP contribution in [0.3, 0.4) is 0 Å². The van der Waals surface area contributed by atoms with E-state index in [4.69, 9.17) is 0 Å². The smallest absolute Gasteiger partial charge is 0.239 e. The van der Waals surface area contributed by atoms with Gasteiger partial charge >= 0.3 is 0 Å². The maximum absolute atomic E-state index is 12.7. The molecule has 0 aromatic heterocycles. The molecule has 0 radical (unpaired) electrons. The Kier molecular flexibility index (Phi) is 6.56. The Morgan fingerprint density at radius 3 is 2.04 bits per heavy atom. The molecule has 24 heavy (non-hydrogen) atoms. The van der Waals surface area contributed by atoms with Crippen LogP contribution in [0.25, 0.3) is 0 Å². The highest BCUT2D eigenvalue weighted by Gasteiger charge is 2.23. The van der Waals surface area contributed by atoms with E-state index < -0.39 is 0 Å². The van der Waals surface area contributed by atoms with E-state index in [0.717, 1.165) is 5.56 Å². The molecule has 0 spiro atoms. The second-order valence-corrected chi connectivity index (χ2v) is 6.70. The van der Waals surface area contributed by atoms with Gasteiger partial charge in [0.25, 0.3) is 0 Å². The Morgan fingerprint density at radius 2 is 1.50 bits per heavy atom. The molecule has 0 heterocycles. The molecule has 0 aliphatic heterocycles. The first-order chi connectivity index (χ1) is 11.5. The summed E-state index contributed by atoms with van der Waals surface area (Å²) >= 11 is 0. The molecule has 2 atom stereocenters. The summed E-state index contributed by atoms with van der Waals surface area (Å²) in [7, 11) is 1.86. The Hall–Kier alpha value is -2.13. The zero-order chi connectivity index (χ0) is 17.5. The van der Waals surface area contributed by atoms with Crippen LogP contribution >= 0.6 is 0 Å². The molecule has 0 bridgehead atoms. The quantitative estimate of drug-likeness (QED) is 0.834. The molecule has 2 aromatic carbocycles. The van der Waals surface area contributed by atoms with Gasteiger partial charge in [-0.3, -0.25) is 10.1 Å². The van der Waals surface area contributed by atoms with E-state index in [9.17, 15) is 4.79 Å². The first kappa shape index (κ1) is 18.2. The van der Waals surface area contributed by atoms with Crippen molar-refractivity contribution in [2.75, 3.05) is 7.05 Å². The van der Waals surface area contributed by atoms with Gasteiger partial charge in [0.2, 0.25) is 5.91 Å². The van der Waals surface area contributed by atoms with E-state index in [2.05, 4.69) is 31.3 Å². The molecule has 0 saturated heterocycles. The van der Waals surface area contributed by atoms with Crippen molar-refractivity contribution >= 4 is 5.91 Å². The first-order valence-corrected chi connectivity index (χ1v) is 8.59. The molecule has 1 amide bonds. The Bertz CT molecular complexity index is 625. The predicted octanol–water partition coefficient (Wildman–Crippen LogP) is 4.02. The Morgan fingerprint density at radius 1 is 0.958 bits per heavy atom. The van der Waals surface area contributed by atoms with Crippen molar-refractivity contribution in [1.82, 2.24) is 10.2 Å². The molecule has 2 aromatic rings. The number of hydrogen-bond acceptors (Lipinski definition) is 2. The van der Waals surface area contributed by atoms with Crippen LogP contribution in [0.4, 0.5) is 0 Å². The van der Waals surface area contributed by atoms with Crippen molar-refractivity contribution in [3.8, 4) is 0 Å². The molecule has 3 heteroatoms. The van der Waals surface area contributed by atoms with Crippen LogP contribution < -0.4 is 5.32 Å². The fourth-order valence-electron chi connectivity index (χ4n) is 2.94. The third-order valence-electron chi connectivity index (χ3n) is 4.26. The summed E-state index contributed by atoms with van der Waals surface area (Å²) in [5, 5.41) is 3.51. The second-order valence-electron chi connectivity index (χ2n) is 6.70. The maximum atomic E-state index is 12.7. The number of amides is 1. The van der Waals surface area contributed by atoms with Crippen molar-refractivity contribution in [1.29, 1.82) is 0 Å². The highest BCUT2D eigenvalue weighted by Crippen LogP contribution is 2.22. The van der Waals surface area contributed by atoms with Gasteiger partial charge in [-0.05, 0) is 24.0 Å². The summed E-state index contributed by atoms with van der Waals surface area (Å²) in [6.45, 7) is 6.93. The lowest BCUT2D eigenvalue weighted by atomic mass is 9.95. The summed E-state index contributed by atoms with van der Waals surface area (Å²) in [5.74, 6) is 0.516. The number of benzene rings is 2. The van der Waals surface area contributed by atoms with Gasteiger partial charge in [-0.15, -0.1) is 0 Å². The summed E-state index contributed by atoms with van der Waals surface area (Å²) in [6.07, 6.45) is 0. The van der Waals surface area contributed by atoms with Gasteiger partial charge in [0, 0.05) is 19.6 Å². The minimum absolute atomic E-state index is 0.112. The van der Waals surface area contributed by atoms with Gasteiger partial charge in [0.1, 0.15) is 0 Å². The lowest BCUT2D eigenvalue weighted by molar-refractivity contribution is -0.132. The summed E-state index contributed by atoms with van der Waals surface area (Å²) in [5.41, 5.74) is 2.36. The van der Waals surface area contributed by atoms with E-state index in [1.54, 1.807) is 4.90 Å². The van der Waals surface area contributed by atoms with Crippen LogP contribution in [0.5, 0.6) is 0 Å². The fraction of sp³-hybridized carbons (Fsp3) is 0.381. The topological polar surface area (TPSA) is 32.3 Å². The molecular weight excluding hydrogens is 296 g/mol. The summed E-state index contributed by atoms with van der Waals surface area (Å²) < 4.78 is 0. The SMILES string of the molecule is CC(NC(c1ccccc1)C(C)C)C(=O)N(C)Cc1ccccc1. The van der Waals surface area contributed by atoms with Crippen LogP contribution in [-0.4, -0.2) is 23.9 Å². The number of carbonyl (C=O) groups is 1. The molecule has 1 N–H and O–H groups in total. The molecular formula is C21H28N2O. The van der Waals surface area contributed by atoms with Crippen molar-refractivity contribution in [2.24, 2.45) is 5.92 Å². The number of nitrogens with zero attached hydrogens (tertiary/aromatic N) is 1. The molecule has 3 nitrogen and oxygen atoms in total. The molecule has 0 aliphatic carbocycles. The molecule has 2 unspecified atom stereocenters. The minimum atomic E-state index is -0.230. The molecule has 128 valence electrons. The Labute approximate surface area is 145 Å². The van der Waals surface area contributed by atoms with Crippen LogP contribution in [0, 0.1) is 5.92 Å². The lowest BCUT2D eigenvalue weighted by Gasteiger charge is -2.29. The summed E-state index contributed by atoms with van der Waals surface area (Å²) in [4.78, 5) is 14.5. The largest absolute Gasteiger partial charge is 0.340 e. The normalized spacial score (nSPS) is 13.5. The number of hydrogen-bond donors (Lipinski definition) is 1. The van der Waals surface area contributed by atoms with Crippen LogP contribution in [0.1, 0.15) is 37.9 Å². The van der Waals surface area contributed by atoms with Crippen LogP contribution in [0.2, 0.25) is 0 Å². The third-order valence-corrected chi connectivity index (χ3v) is 4.26. The van der Waals surface area contributed by atoms with Crippen molar-refractivity contribution in [3.05, 3.63) is 71.8 Å². The van der Waals surface area contributed by atoms with Gasteiger partial charge in [-0.1, -0.05) is 74.5 Å². The molecule has 0 saturated carbocycles. The predicted molar refractivity (Wildman–Crippen MR) is 99.5 cm³/mol. The van der Waals surface area contributed by atoms with Gasteiger partial charge in [0.05, 0.1) is 6.04 Å². The van der Waals surface area contributed by atoms with Gasteiger partial charge in [-0.2, -0.15) is 0 Å². The number of rotatable bonds is 7. The van der Waals surface area contributed by atoms with E-state index >= 15 is 0 Å². The Balaban J connectivity index is 2.01. The number of nitrogens with one attached hydrogen (secondary N) is 1. The van der Waals surface area contributed by atoms with Gasteiger partial charge in [-0.25, -0.2) is 0 Å². The zero-order valence-corrected chi connectivity index (χ0v) is 15.1. The lowest BCUT2D eigenvalue weighted by Crippen LogP contribution is -2.45. The van der Waals surface area contributed by atoms with Gasteiger partial charge < -0.3 is 4.90 Å². The van der Waals surface area contributed by atoms with Crippen LogP contribution in [0.15, 0.2) is 60.7 Å². The number of carbonyl (C=O) groups excluding carboxylic acids is 1. The fourth-order valence-corrected chi connectivity index (χ4v) is 2.94. The average Bonchev–Trinajstić information content (AvgIpc) is 2.60. The van der Waals surface area contributed by atoms with Crippen molar-refractivity contribution in [2.45, 2.75) is 39.4 Å². The monoisotopic (exact) mass is 324 g/mol. The second kappa shape index (κ2) is 8.65. The summed E-state index contributed by atoms with van der Waals surface area (Å²) in [6, 6.07) is 20.3. The van der Waals surface area contributed by atoms with E-state index in [-0.39, 0.29) is 18.0 Å². The van der Waals surface area contributed by atoms with E-state index in [1.807, 2.05) is 62.5 Å². The molecule has 2 rings (SSSR count). The molecule has 0 aliphatic rings. The van der Waals surface area contributed by atoms with Crippen LogP contribution in [-0.2, 0) is 11.3 Å². The highest BCUT2D eigenvalue weighted by molar-refractivity contribution is 5.81. The molecule has 0 fully saturated rings. The van der Waals surface area contributed by atoms with E-state index in [1.165, 1.54) is 5.56 Å². The average molecular weight is 324 g/mol. The third kappa shape index (κ3) is 4.93. The highest BCUT2D eigenvalue weighted by atomic mass is 16.2. The van der Waals surface area contributed by atoms with Crippen molar-refractivity contribution < 1.29 is 4.79 Å². The van der Waals surface area contributed by atoms with Crippen molar-refractivity contribution in [3.63, 3.8) is 0 Å². The maximum Gasteiger partial charge on any atom is 0.239 e. The standard InChI is InChI=1S/C21H28N2O/c1-16(2)20(19-13-9-6-10-14-19)22-17(3)21(24)23(4)15-18-11-7-5-8-12-18/h5-14,16-17,20,22H,15H2,1-4H3.